The minimum Gasteiger partial charge on any atom is -0.376 e. The van der Waals surface area contributed by atoms with Crippen molar-refractivity contribution in [3.8, 4) is 0 Å². The van der Waals surface area contributed by atoms with Gasteiger partial charge >= 0.3 is 0 Å². The first-order chi connectivity index (χ1) is 10.9. The Labute approximate surface area is 137 Å². The monoisotopic (exact) mass is 340 g/mol. The van der Waals surface area contributed by atoms with E-state index in [0.29, 0.717) is 12.1 Å². The summed E-state index contributed by atoms with van der Waals surface area (Å²) in [7, 11) is -0.484. The van der Waals surface area contributed by atoms with Crippen molar-refractivity contribution in [2.45, 2.75) is 30.4 Å². The summed E-state index contributed by atoms with van der Waals surface area (Å²) < 4.78 is 31.3. The molecular weight excluding hydrogens is 316 g/mol. The lowest BCUT2D eigenvalue weighted by molar-refractivity contribution is 0.114. The molecule has 1 fully saturated rings. The highest BCUT2D eigenvalue weighted by Crippen LogP contribution is 2.19. The molecule has 128 valence electrons. The summed E-state index contributed by atoms with van der Waals surface area (Å²) in [6.45, 7) is 1.61. The van der Waals surface area contributed by atoms with E-state index in [9.17, 15) is 8.42 Å². The molecule has 0 saturated carbocycles. The third-order valence-electron chi connectivity index (χ3n) is 3.69. The second-order valence-corrected chi connectivity index (χ2v) is 7.73. The molecule has 0 bridgehead atoms. The number of sulfonamides is 1. The van der Waals surface area contributed by atoms with Gasteiger partial charge < -0.3 is 15.8 Å². The first kappa shape index (κ1) is 17.7. The standard InChI is InChI=1S/C15H24N4O3S/c1-19(2)23(20,21)14-8-4-3-6-12(14)10-17-15(16)18-11-13-7-5-9-22-13/h3-4,6,8,13H,5,7,9-11H2,1-2H3,(H3,16,17,18). The van der Waals surface area contributed by atoms with E-state index in [0.717, 1.165) is 19.4 Å². The number of nitrogens with two attached hydrogens (primary N) is 1. The highest BCUT2D eigenvalue weighted by Gasteiger charge is 2.20. The van der Waals surface area contributed by atoms with E-state index in [-0.39, 0.29) is 23.5 Å². The van der Waals surface area contributed by atoms with E-state index in [2.05, 4.69) is 10.3 Å². The van der Waals surface area contributed by atoms with E-state index >= 15 is 0 Å². The Balaban J connectivity index is 2.03. The van der Waals surface area contributed by atoms with Crippen molar-refractivity contribution in [1.29, 1.82) is 0 Å². The lowest BCUT2D eigenvalue weighted by Gasteiger charge is -2.14. The topological polar surface area (TPSA) is 97.0 Å². The quantitative estimate of drug-likeness (QED) is 0.581. The summed E-state index contributed by atoms with van der Waals surface area (Å²) in [4.78, 5) is 4.48. The molecule has 1 aliphatic heterocycles. The van der Waals surface area contributed by atoms with Gasteiger partial charge in [0.15, 0.2) is 5.96 Å². The molecule has 1 aliphatic rings. The molecular formula is C15H24N4O3S. The Kier molecular flexibility index (Phi) is 5.97. The van der Waals surface area contributed by atoms with E-state index in [1.807, 2.05) is 0 Å². The molecule has 23 heavy (non-hydrogen) atoms. The van der Waals surface area contributed by atoms with Crippen molar-refractivity contribution in [2.75, 3.05) is 27.2 Å². The second kappa shape index (κ2) is 7.76. The number of guanidine groups is 1. The molecule has 1 atom stereocenters. The minimum absolute atomic E-state index is 0.171. The summed E-state index contributed by atoms with van der Waals surface area (Å²) in [5.41, 5.74) is 6.46. The van der Waals surface area contributed by atoms with Crippen molar-refractivity contribution >= 4 is 16.0 Å². The van der Waals surface area contributed by atoms with Gasteiger partial charge in [0.25, 0.3) is 0 Å². The molecule has 1 saturated heterocycles. The molecule has 0 amide bonds. The van der Waals surface area contributed by atoms with Crippen LogP contribution in [0.5, 0.6) is 0 Å². The van der Waals surface area contributed by atoms with Crippen LogP contribution in [0, 0.1) is 0 Å². The first-order valence-corrected chi connectivity index (χ1v) is 9.01. The molecule has 2 rings (SSSR count). The Hall–Kier alpha value is -1.64. The molecule has 1 unspecified atom stereocenters. The van der Waals surface area contributed by atoms with E-state index in [1.54, 1.807) is 24.3 Å². The van der Waals surface area contributed by atoms with Crippen LogP contribution in [-0.2, 0) is 21.3 Å². The van der Waals surface area contributed by atoms with Crippen LogP contribution >= 0.6 is 0 Å². The van der Waals surface area contributed by atoms with Crippen LogP contribution in [0.2, 0.25) is 0 Å². The van der Waals surface area contributed by atoms with Gasteiger partial charge in [0.2, 0.25) is 10.0 Å². The first-order valence-electron chi connectivity index (χ1n) is 7.57. The normalized spacial score (nSPS) is 19.3. The van der Waals surface area contributed by atoms with Crippen LogP contribution in [0.3, 0.4) is 0 Å². The summed E-state index contributed by atoms with van der Waals surface area (Å²) >= 11 is 0. The lowest BCUT2D eigenvalue weighted by Crippen LogP contribution is -2.37. The predicted octanol–water partition coefficient (Wildman–Crippen LogP) is 0.520. The zero-order valence-electron chi connectivity index (χ0n) is 13.5. The number of hydrogen-bond acceptors (Lipinski definition) is 4. The lowest BCUT2D eigenvalue weighted by atomic mass is 10.2. The van der Waals surface area contributed by atoms with Gasteiger partial charge in [-0.1, -0.05) is 18.2 Å². The minimum atomic E-state index is -3.50. The number of aliphatic imine (C=N–C) groups is 1. The summed E-state index contributed by atoms with van der Waals surface area (Å²) in [5.74, 6) is 0.289. The van der Waals surface area contributed by atoms with Crippen molar-refractivity contribution < 1.29 is 13.2 Å². The largest absolute Gasteiger partial charge is 0.376 e. The fraction of sp³-hybridized carbons (Fsp3) is 0.533. The molecule has 0 aliphatic carbocycles. The number of rotatable bonds is 6. The maximum Gasteiger partial charge on any atom is 0.242 e. The Bertz CT molecular complexity index is 652. The van der Waals surface area contributed by atoms with E-state index in [1.165, 1.54) is 18.4 Å². The predicted molar refractivity (Wildman–Crippen MR) is 89.6 cm³/mol. The summed E-state index contributed by atoms with van der Waals surface area (Å²) in [5, 5.41) is 3.02. The smallest absolute Gasteiger partial charge is 0.242 e. The van der Waals surface area contributed by atoms with Crippen molar-refractivity contribution in [1.82, 2.24) is 9.62 Å². The molecule has 1 aromatic carbocycles. The van der Waals surface area contributed by atoms with Crippen LogP contribution in [0.4, 0.5) is 0 Å². The summed E-state index contributed by atoms with van der Waals surface area (Å²) in [6, 6.07) is 6.81. The van der Waals surface area contributed by atoms with Gasteiger partial charge in [-0.15, -0.1) is 0 Å². The molecule has 0 radical (unpaired) electrons. The van der Waals surface area contributed by atoms with Gasteiger partial charge in [-0.3, -0.25) is 0 Å². The molecule has 3 N–H and O–H groups in total. The maximum atomic E-state index is 12.3. The highest BCUT2D eigenvalue weighted by atomic mass is 32.2. The van der Waals surface area contributed by atoms with Gasteiger partial charge in [0.05, 0.1) is 17.5 Å². The molecule has 1 heterocycles. The molecule has 8 heteroatoms. The molecule has 0 aromatic heterocycles. The second-order valence-electron chi connectivity index (χ2n) is 5.61. The number of benzene rings is 1. The fourth-order valence-electron chi connectivity index (χ4n) is 2.33. The maximum absolute atomic E-state index is 12.3. The SMILES string of the molecule is CN(C)S(=O)(=O)c1ccccc1CN=C(N)NCC1CCCO1. The molecule has 0 spiro atoms. The van der Waals surface area contributed by atoms with E-state index in [4.69, 9.17) is 10.5 Å². The fourth-order valence-corrected chi connectivity index (χ4v) is 3.44. The number of nitrogens with one attached hydrogen (secondary N) is 1. The zero-order chi connectivity index (χ0) is 16.9. The van der Waals surface area contributed by atoms with Gasteiger partial charge in [0, 0.05) is 27.2 Å². The summed E-state index contributed by atoms with van der Waals surface area (Å²) in [6.07, 6.45) is 2.26. The highest BCUT2D eigenvalue weighted by molar-refractivity contribution is 7.89. The van der Waals surface area contributed by atoms with Crippen molar-refractivity contribution in [2.24, 2.45) is 10.7 Å². The van der Waals surface area contributed by atoms with Crippen molar-refractivity contribution in [3.05, 3.63) is 29.8 Å². The van der Waals surface area contributed by atoms with Crippen molar-refractivity contribution in [3.63, 3.8) is 0 Å². The van der Waals surface area contributed by atoms with Crippen LogP contribution in [-0.4, -0.2) is 52.0 Å². The Morgan fingerprint density at radius 2 is 2.17 bits per heavy atom. The number of nitrogens with zero attached hydrogens (tertiary/aromatic N) is 2. The van der Waals surface area contributed by atoms with Gasteiger partial charge in [-0.05, 0) is 24.5 Å². The Morgan fingerprint density at radius 1 is 1.43 bits per heavy atom. The third-order valence-corrected chi connectivity index (χ3v) is 5.60. The average Bonchev–Trinajstić information content (AvgIpc) is 3.04. The average molecular weight is 340 g/mol. The number of hydrogen-bond donors (Lipinski definition) is 2. The Morgan fingerprint density at radius 3 is 2.83 bits per heavy atom. The van der Waals surface area contributed by atoms with Gasteiger partial charge in [0.1, 0.15) is 0 Å². The molecule has 1 aromatic rings. The molecule has 7 nitrogen and oxygen atoms in total. The van der Waals surface area contributed by atoms with Crippen LogP contribution < -0.4 is 11.1 Å². The van der Waals surface area contributed by atoms with Gasteiger partial charge in [-0.2, -0.15) is 0 Å². The third kappa shape index (κ3) is 4.66. The van der Waals surface area contributed by atoms with E-state index < -0.39 is 10.0 Å². The van der Waals surface area contributed by atoms with Crippen LogP contribution in [0.15, 0.2) is 34.2 Å². The van der Waals surface area contributed by atoms with Crippen LogP contribution in [0.1, 0.15) is 18.4 Å². The van der Waals surface area contributed by atoms with Gasteiger partial charge in [-0.25, -0.2) is 17.7 Å². The zero-order valence-corrected chi connectivity index (χ0v) is 14.3. The number of ether oxygens (including phenoxy) is 1. The van der Waals surface area contributed by atoms with Crippen LogP contribution in [0.25, 0.3) is 0 Å².